The van der Waals surface area contributed by atoms with Gasteiger partial charge in [0.15, 0.2) is 0 Å². The van der Waals surface area contributed by atoms with Gasteiger partial charge >= 0.3 is 0 Å². The molecule has 4 heteroatoms. The molecule has 0 fully saturated rings. The first-order chi connectivity index (χ1) is 7.31. The number of aryl methyl sites for hydroxylation is 1. The van der Waals surface area contributed by atoms with Gasteiger partial charge in [0.25, 0.3) is 0 Å². The minimum atomic E-state index is 0.783. The zero-order valence-corrected chi connectivity index (χ0v) is 10.8. The summed E-state index contributed by atoms with van der Waals surface area (Å²) in [6.07, 6.45) is 2.91. The van der Waals surface area contributed by atoms with Gasteiger partial charge in [0.1, 0.15) is 0 Å². The number of nitrogens with zero attached hydrogens (tertiary/aromatic N) is 2. The highest BCUT2D eigenvalue weighted by Gasteiger charge is 2.02. The second kappa shape index (κ2) is 4.94. The van der Waals surface area contributed by atoms with E-state index < -0.39 is 0 Å². The zero-order chi connectivity index (χ0) is 10.7. The number of halogens is 1. The zero-order valence-electron chi connectivity index (χ0n) is 8.61. The first kappa shape index (κ1) is 10.9. The molecule has 2 aromatic rings. The van der Waals surface area contributed by atoms with Crippen LogP contribution in [-0.2, 0) is 11.3 Å². The molecule has 0 radical (unpaired) electrons. The summed E-state index contributed by atoms with van der Waals surface area (Å²) in [5.74, 6) is 0. The summed E-state index contributed by atoms with van der Waals surface area (Å²) < 4.78 is 8.32. The summed E-state index contributed by atoms with van der Waals surface area (Å²) in [6, 6.07) is 6.37. The standard InChI is InChI=1S/C11H13IN2O/c1-15-6-2-5-14-11-7-10(12)4-3-9(11)8-13-14/h3-4,7-8H,2,5-6H2,1H3. The van der Waals surface area contributed by atoms with Crippen LogP contribution in [0.4, 0.5) is 0 Å². The van der Waals surface area contributed by atoms with Crippen molar-refractivity contribution >= 4 is 33.5 Å². The lowest BCUT2D eigenvalue weighted by atomic mass is 10.2. The molecule has 3 nitrogen and oxygen atoms in total. The normalized spacial score (nSPS) is 11.1. The molecule has 0 N–H and O–H groups in total. The molecule has 0 aliphatic carbocycles. The molecule has 0 amide bonds. The van der Waals surface area contributed by atoms with Crippen LogP contribution >= 0.6 is 22.6 Å². The van der Waals surface area contributed by atoms with Crippen LogP contribution in [-0.4, -0.2) is 23.5 Å². The second-order valence-electron chi connectivity index (χ2n) is 3.42. The Labute approximate surface area is 103 Å². The molecular weight excluding hydrogens is 303 g/mol. The van der Waals surface area contributed by atoms with Crippen molar-refractivity contribution in [1.29, 1.82) is 0 Å². The molecule has 0 aliphatic rings. The minimum absolute atomic E-state index is 0.783. The van der Waals surface area contributed by atoms with Gasteiger partial charge in [0.05, 0.1) is 11.7 Å². The molecule has 0 aliphatic heterocycles. The summed E-state index contributed by atoms with van der Waals surface area (Å²) in [6.45, 7) is 1.70. The maximum atomic E-state index is 5.03. The Morgan fingerprint density at radius 2 is 2.33 bits per heavy atom. The Kier molecular flexibility index (Phi) is 3.58. The summed E-state index contributed by atoms with van der Waals surface area (Å²) in [5.41, 5.74) is 1.21. The quantitative estimate of drug-likeness (QED) is 0.640. The first-order valence-electron chi connectivity index (χ1n) is 4.91. The predicted molar refractivity (Wildman–Crippen MR) is 68.9 cm³/mol. The van der Waals surface area contributed by atoms with E-state index >= 15 is 0 Å². The third-order valence-electron chi connectivity index (χ3n) is 2.33. The number of hydrogen-bond acceptors (Lipinski definition) is 2. The van der Waals surface area contributed by atoms with Gasteiger partial charge in [0, 0.05) is 29.2 Å². The maximum absolute atomic E-state index is 5.03. The maximum Gasteiger partial charge on any atom is 0.0692 e. The SMILES string of the molecule is COCCCn1ncc2ccc(I)cc21. The smallest absolute Gasteiger partial charge is 0.0692 e. The van der Waals surface area contributed by atoms with Crippen molar-refractivity contribution in [2.45, 2.75) is 13.0 Å². The van der Waals surface area contributed by atoms with E-state index in [-0.39, 0.29) is 0 Å². The number of rotatable bonds is 4. The molecule has 2 rings (SSSR count). The Hall–Kier alpha value is -0.620. The van der Waals surface area contributed by atoms with Crippen molar-refractivity contribution in [3.63, 3.8) is 0 Å². The van der Waals surface area contributed by atoms with E-state index in [2.05, 4.69) is 45.9 Å². The lowest BCUT2D eigenvalue weighted by Crippen LogP contribution is -2.02. The van der Waals surface area contributed by atoms with E-state index in [1.165, 1.54) is 14.5 Å². The van der Waals surface area contributed by atoms with Crippen molar-refractivity contribution in [3.8, 4) is 0 Å². The fourth-order valence-electron chi connectivity index (χ4n) is 1.58. The molecule has 0 saturated carbocycles. The first-order valence-corrected chi connectivity index (χ1v) is 5.99. The van der Waals surface area contributed by atoms with Crippen LogP contribution in [0.5, 0.6) is 0 Å². The third kappa shape index (κ3) is 2.49. The summed E-state index contributed by atoms with van der Waals surface area (Å²) in [7, 11) is 1.73. The van der Waals surface area contributed by atoms with Gasteiger partial charge < -0.3 is 4.74 Å². The molecule has 15 heavy (non-hydrogen) atoms. The number of fused-ring (bicyclic) bond motifs is 1. The van der Waals surface area contributed by atoms with Gasteiger partial charge in [-0.3, -0.25) is 4.68 Å². The van der Waals surface area contributed by atoms with E-state index in [1.807, 2.05) is 10.9 Å². The highest BCUT2D eigenvalue weighted by molar-refractivity contribution is 14.1. The van der Waals surface area contributed by atoms with Crippen LogP contribution in [0.3, 0.4) is 0 Å². The van der Waals surface area contributed by atoms with Crippen LogP contribution in [0, 0.1) is 3.57 Å². The molecule has 0 saturated heterocycles. The van der Waals surface area contributed by atoms with Crippen LogP contribution in [0.15, 0.2) is 24.4 Å². The van der Waals surface area contributed by atoms with Gasteiger partial charge in [0.2, 0.25) is 0 Å². The minimum Gasteiger partial charge on any atom is -0.385 e. The highest BCUT2D eigenvalue weighted by Crippen LogP contribution is 2.17. The summed E-state index contributed by atoms with van der Waals surface area (Å²) >= 11 is 2.32. The van der Waals surface area contributed by atoms with Crippen molar-refractivity contribution in [3.05, 3.63) is 28.0 Å². The largest absolute Gasteiger partial charge is 0.385 e. The molecule has 0 spiro atoms. The summed E-state index contributed by atoms with van der Waals surface area (Å²) in [5, 5.41) is 5.57. The number of methoxy groups -OCH3 is 1. The average molecular weight is 316 g/mol. The van der Waals surface area contributed by atoms with E-state index in [0.29, 0.717) is 0 Å². The Balaban J connectivity index is 2.23. The predicted octanol–water partition coefficient (Wildman–Crippen LogP) is 2.68. The molecular formula is C11H13IN2O. The molecule has 1 aromatic heterocycles. The Bertz CT molecular complexity index is 453. The van der Waals surface area contributed by atoms with E-state index in [1.54, 1.807) is 7.11 Å². The van der Waals surface area contributed by atoms with Gasteiger partial charge in [-0.25, -0.2) is 0 Å². The van der Waals surface area contributed by atoms with E-state index in [9.17, 15) is 0 Å². The Morgan fingerprint density at radius 3 is 3.13 bits per heavy atom. The number of benzene rings is 1. The van der Waals surface area contributed by atoms with Crippen molar-refractivity contribution in [2.24, 2.45) is 0 Å². The van der Waals surface area contributed by atoms with Gasteiger partial charge in [-0.1, -0.05) is 6.07 Å². The fourth-order valence-corrected chi connectivity index (χ4v) is 2.06. The monoisotopic (exact) mass is 316 g/mol. The fraction of sp³-hybridized carbons (Fsp3) is 0.364. The molecule has 0 bridgehead atoms. The highest BCUT2D eigenvalue weighted by atomic mass is 127. The van der Waals surface area contributed by atoms with Crippen LogP contribution < -0.4 is 0 Å². The van der Waals surface area contributed by atoms with Gasteiger partial charge in [-0.15, -0.1) is 0 Å². The number of ether oxygens (including phenoxy) is 1. The average Bonchev–Trinajstić information content (AvgIpc) is 2.62. The van der Waals surface area contributed by atoms with Crippen molar-refractivity contribution in [1.82, 2.24) is 9.78 Å². The lowest BCUT2D eigenvalue weighted by molar-refractivity contribution is 0.189. The molecule has 80 valence electrons. The van der Waals surface area contributed by atoms with E-state index in [4.69, 9.17) is 4.74 Å². The Morgan fingerprint density at radius 1 is 1.47 bits per heavy atom. The summed E-state index contributed by atoms with van der Waals surface area (Å²) in [4.78, 5) is 0. The van der Waals surface area contributed by atoms with Crippen LogP contribution in [0.2, 0.25) is 0 Å². The van der Waals surface area contributed by atoms with Crippen LogP contribution in [0.1, 0.15) is 6.42 Å². The lowest BCUT2D eigenvalue weighted by Gasteiger charge is -2.03. The van der Waals surface area contributed by atoms with E-state index in [0.717, 1.165) is 19.6 Å². The topological polar surface area (TPSA) is 27.1 Å². The van der Waals surface area contributed by atoms with Gasteiger partial charge in [-0.2, -0.15) is 5.10 Å². The van der Waals surface area contributed by atoms with Crippen LogP contribution in [0.25, 0.3) is 10.9 Å². The third-order valence-corrected chi connectivity index (χ3v) is 3.00. The molecule has 1 aromatic carbocycles. The number of aromatic nitrogens is 2. The molecule has 0 unspecified atom stereocenters. The molecule has 0 atom stereocenters. The number of hydrogen-bond donors (Lipinski definition) is 0. The molecule has 1 heterocycles. The second-order valence-corrected chi connectivity index (χ2v) is 4.66. The van der Waals surface area contributed by atoms with Gasteiger partial charge in [-0.05, 0) is 41.1 Å². The van der Waals surface area contributed by atoms with Crippen molar-refractivity contribution in [2.75, 3.05) is 13.7 Å². The van der Waals surface area contributed by atoms with Crippen molar-refractivity contribution < 1.29 is 4.74 Å².